The molecule has 4 unspecified atom stereocenters. The fraction of sp³-hybridized carbons (Fsp3) is 0.417. The van der Waals surface area contributed by atoms with Gasteiger partial charge in [0.2, 0.25) is 0 Å². The van der Waals surface area contributed by atoms with Gasteiger partial charge in [0.25, 0.3) is 0 Å². The molecular weight excluding hydrogens is 300 g/mol. The molecule has 4 atom stereocenters. The normalized spacial score (nSPS) is 31.5. The van der Waals surface area contributed by atoms with Gasteiger partial charge in [0.05, 0.1) is 18.5 Å². The van der Waals surface area contributed by atoms with E-state index in [0.29, 0.717) is 0 Å². The van der Waals surface area contributed by atoms with E-state index < -0.39 is 36.7 Å². The highest BCUT2D eigenvalue weighted by Gasteiger charge is 2.55. The van der Waals surface area contributed by atoms with Crippen LogP contribution in [0.4, 0.5) is 14.6 Å². The molecular formula is C12H11F2N5O3. The lowest BCUT2D eigenvalue weighted by Crippen LogP contribution is -2.44. The van der Waals surface area contributed by atoms with Crippen LogP contribution in [0.15, 0.2) is 6.20 Å². The summed E-state index contributed by atoms with van der Waals surface area (Å²) in [5.41, 5.74) is 3.60. The maximum absolute atomic E-state index is 14.4. The van der Waals surface area contributed by atoms with Crippen LogP contribution >= 0.6 is 0 Å². The number of fused-ring (bicyclic) bond motifs is 1. The highest BCUT2D eigenvalue weighted by Crippen LogP contribution is 2.41. The van der Waals surface area contributed by atoms with E-state index in [2.05, 4.69) is 15.1 Å². The van der Waals surface area contributed by atoms with Crippen molar-refractivity contribution in [2.45, 2.75) is 24.0 Å². The maximum atomic E-state index is 14.4. The molecule has 116 valence electrons. The summed E-state index contributed by atoms with van der Waals surface area (Å²) in [5, 5.41) is 22.6. The molecule has 22 heavy (non-hydrogen) atoms. The van der Waals surface area contributed by atoms with Crippen molar-refractivity contribution in [3.05, 3.63) is 18.0 Å². The molecule has 8 nitrogen and oxygen atoms in total. The second-order valence-electron chi connectivity index (χ2n) is 4.80. The molecule has 2 aromatic heterocycles. The number of aliphatic hydroxyl groups excluding tert-OH is 2. The number of imidazole rings is 1. The number of hydrogen-bond donors (Lipinski definition) is 3. The van der Waals surface area contributed by atoms with Crippen molar-refractivity contribution < 1.29 is 23.7 Å². The minimum Gasteiger partial charge on any atom is -0.392 e. The third-order valence-electron chi connectivity index (χ3n) is 3.57. The van der Waals surface area contributed by atoms with Gasteiger partial charge in [-0.25, -0.2) is 13.9 Å². The summed E-state index contributed by atoms with van der Waals surface area (Å²) in [4.78, 5) is 7.16. The average molecular weight is 311 g/mol. The average Bonchev–Trinajstić information content (AvgIpc) is 3.01. The Hall–Kier alpha value is -2.35. The molecule has 1 aliphatic rings. The number of nitrogen functional groups attached to an aromatic ring is 1. The predicted octanol–water partition coefficient (Wildman–Crippen LogP) is -1.02. The van der Waals surface area contributed by atoms with Crippen molar-refractivity contribution in [3.63, 3.8) is 0 Å². The van der Waals surface area contributed by atoms with Crippen molar-refractivity contribution in [1.29, 1.82) is 0 Å². The third-order valence-corrected chi connectivity index (χ3v) is 3.57. The van der Waals surface area contributed by atoms with Crippen molar-refractivity contribution >= 4 is 11.5 Å². The number of ether oxygens (including phenoxy) is 1. The molecule has 4 N–H and O–H groups in total. The first-order valence-electron chi connectivity index (χ1n) is 6.18. The largest absolute Gasteiger partial charge is 0.392 e. The quantitative estimate of drug-likeness (QED) is 0.607. The highest BCUT2D eigenvalue weighted by molar-refractivity contribution is 5.59. The topological polar surface area (TPSA) is 119 Å². The Balaban J connectivity index is 2.11. The Bertz CT molecular complexity index is 776. The molecule has 1 fully saturated rings. The van der Waals surface area contributed by atoms with Crippen LogP contribution in [0.2, 0.25) is 0 Å². The lowest BCUT2D eigenvalue weighted by molar-refractivity contribution is -0.0732. The number of nitrogens with two attached hydrogens (primary N) is 1. The van der Waals surface area contributed by atoms with E-state index in [1.165, 1.54) is 0 Å². The molecule has 0 aliphatic carbocycles. The summed E-state index contributed by atoms with van der Waals surface area (Å²) in [5.74, 6) is 1.81. The fourth-order valence-electron chi connectivity index (χ4n) is 2.39. The van der Waals surface area contributed by atoms with Gasteiger partial charge in [-0.3, -0.25) is 0 Å². The predicted molar refractivity (Wildman–Crippen MR) is 68.5 cm³/mol. The van der Waals surface area contributed by atoms with Gasteiger partial charge in [0, 0.05) is 0 Å². The number of halogens is 2. The van der Waals surface area contributed by atoms with E-state index in [0.717, 1.165) is 10.7 Å². The zero-order valence-corrected chi connectivity index (χ0v) is 11.0. The SMILES string of the molecule is C#CC1(CO)OC(c2cnc3c(N)nc(F)nn23)C(F)C1O. The molecule has 10 heteroatoms. The van der Waals surface area contributed by atoms with E-state index in [1.54, 1.807) is 0 Å². The van der Waals surface area contributed by atoms with Crippen LogP contribution in [-0.2, 0) is 4.74 Å². The van der Waals surface area contributed by atoms with Gasteiger partial charge in [0.15, 0.2) is 23.2 Å². The van der Waals surface area contributed by atoms with E-state index >= 15 is 0 Å². The monoisotopic (exact) mass is 311 g/mol. The second kappa shape index (κ2) is 4.84. The van der Waals surface area contributed by atoms with Gasteiger partial charge in [-0.05, 0) is 0 Å². The molecule has 3 heterocycles. The second-order valence-corrected chi connectivity index (χ2v) is 4.80. The number of aliphatic hydroxyl groups is 2. The Labute approximate surface area is 122 Å². The molecule has 0 radical (unpaired) electrons. The van der Waals surface area contributed by atoms with Crippen LogP contribution < -0.4 is 5.73 Å². The number of alkyl halides is 1. The van der Waals surface area contributed by atoms with Crippen LogP contribution in [-0.4, -0.2) is 54.3 Å². The molecule has 0 amide bonds. The van der Waals surface area contributed by atoms with E-state index in [-0.39, 0.29) is 17.2 Å². The molecule has 0 aromatic carbocycles. The molecule has 2 aromatic rings. The number of terminal acetylenes is 1. The molecule has 1 saturated heterocycles. The maximum Gasteiger partial charge on any atom is 0.328 e. The Morgan fingerprint density at radius 1 is 1.59 bits per heavy atom. The van der Waals surface area contributed by atoms with Gasteiger partial charge < -0.3 is 20.7 Å². The van der Waals surface area contributed by atoms with Crippen molar-refractivity contribution in [1.82, 2.24) is 19.6 Å². The standard InChI is InChI=1S/C12H11F2N5O3/c1-2-12(4-20)8(21)6(13)7(22-12)5-3-16-10-9(15)17-11(14)18-19(5)10/h1,3,6-8,20-21H,4H2,(H2,15,17,18). The van der Waals surface area contributed by atoms with Gasteiger partial charge in [0.1, 0.15) is 12.2 Å². The van der Waals surface area contributed by atoms with Gasteiger partial charge in [-0.1, -0.05) is 5.92 Å². The van der Waals surface area contributed by atoms with E-state index in [4.69, 9.17) is 16.9 Å². The summed E-state index contributed by atoms with van der Waals surface area (Å²) < 4.78 is 33.9. The van der Waals surface area contributed by atoms with Crippen molar-refractivity contribution in [2.24, 2.45) is 0 Å². The van der Waals surface area contributed by atoms with Gasteiger partial charge >= 0.3 is 6.08 Å². The molecule has 0 saturated carbocycles. The lowest BCUT2D eigenvalue weighted by Gasteiger charge is -2.23. The summed E-state index contributed by atoms with van der Waals surface area (Å²) in [6.07, 6.45) is 0.111. The lowest BCUT2D eigenvalue weighted by atomic mass is 9.96. The summed E-state index contributed by atoms with van der Waals surface area (Å²) in [7, 11) is 0. The molecule has 0 spiro atoms. The zero-order valence-electron chi connectivity index (χ0n) is 11.0. The number of rotatable bonds is 2. The first-order chi connectivity index (χ1) is 10.4. The Morgan fingerprint density at radius 3 is 2.91 bits per heavy atom. The van der Waals surface area contributed by atoms with E-state index in [9.17, 15) is 19.0 Å². The number of aromatic nitrogens is 4. The summed E-state index contributed by atoms with van der Waals surface area (Å²) in [6.45, 7) is -0.788. The van der Waals surface area contributed by atoms with Gasteiger partial charge in [-0.2, -0.15) is 9.37 Å². The van der Waals surface area contributed by atoms with Crippen molar-refractivity contribution in [2.75, 3.05) is 12.3 Å². The zero-order chi connectivity index (χ0) is 16.1. The van der Waals surface area contributed by atoms with Crippen LogP contribution in [0.25, 0.3) is 5.65 Å². The first kappa shape index (κ1) is 14.6. The minimum atomic E-state index is -1.97. The molecule has 0 bridgehead atoms. The van der Waals surface area contributed by atoms with Crippen LogP contribution in [0.1, 0.15) is 11.8 Å². The smallest absolute Gasteiger partial charge is 0.328 e. The Morgan fingerprint density at radius 2 is 2.32 bits per heavy atom. The number of hydrogen-bond acceptors (Lipinski definition) is 7. The van der Waals surface area contributed by atoms with Crippen molar-refractivity contribution in [3.8, 4) is 12.3 Å². The fourth-order valence-corrected chi connectivity index (χ4v) is 2.39. The van der Waals surface area contributed by atoms with Crippen LogP contribution in [0.3, 0.4) is 0 Å². The summed E-state index contributed by atoms with van der Waals surface area (Å²) >= 11 is 0. The third kappa shape index (κ3) is 1.83. The highest BCUT2D eigenvalue weighted by atomic mass is 19.1. The Kier molecular flexibility index (Phi) is 3.21. The van der Waals surface area contributed by atoms with Crippen LogP contribution in [0.5, 0.6) is 0 Å². The number of nitrogens with zero attached hydrogens (tertiary/aromatic N) is 4. The minimum absolute atomic E-state index is 0.00361. The molecule has 1 aliphatic heterocycles. The van der Waals surface area contributed by atoms with Crippen LogP contribution in [0, 0.1) is 18.4 Å². The first-order valence-corrected chi connectivity index (χ1v) is 6.18. The number of anilines is 1. The van der Waals surface area contributed by atoms with Gasteiger partial charge in [-0.15, -0.1) is 11.5 Å². The molecule has 3 rings (SSSR count). The van der Waals surface area contributed by atoms with E-state index in [1.807, 2.05) is 5.92 Å². The summed E-state index contributed by atoms with van der Waals surface area (Å²) in [6, 6.07) is 0.